The fourth-order valence-corrected chi connectivity index (χ4v) is 3.02. The molecule has 0 aliphatic heterocycles. The zero-order valence-corrected chi connectivity index (χ0v) is 14.2. The summed E-state index contributed by atoms with van der Waals surface area (Å²) in [4.78, 5) is 21.0. The molecule has 0 saturated heterocycles. The molecule has 7 nitrogen and oxygen atoms in total. The number of fused-ring (bicyclic) bond motifs is 1. The number of rotatable bonds is 4. The summed E-state index contributed by atoms with van der Waals surface area (Å²) >= 11 is 1.44. The zero-order valence-electron chi connectivity index (χ0n) is 13.4. The predicted octanol–water partition coefficient (Wildman–Crippen LogP) is 3.39. The van der Waals surface area contributed by atoms with Crippen LogP contribution in [0, 0.1) is 0 Å². The van der Waals surface area contributed by atoms with E-state index >= 15 is 0 Å². The third-order valence-corrected chi connectivity index (χ3v) is 4.46. The first-order valence-electron chi connectivity index (χ1n) is 7.61. The van der Waals surface area contributed by atoms with Crippen molar-refractivity contribution in [1.82, 2.24) is 24.9 Å². The number of aromatic nitrogens is 4. The fourth-order valence-electron chi connectivity index (χ4n) is 2.38. The van der Waals surface area contributed by atoms with Crippen molar-refractivity contribution in [3.8, 4) is 11.5 Å². The maximum absolute atomic E-state index is 13.4. The summed E-state index contributed by atoms with van der Waals surface area (Å²) in [5, 5.41) is 8.10. The van der Waals surface area contributed by atoms with Crippen molar-refractivity contribution in [2.45, 2.75) is 12.7 Å². The molecule has 138 valence electrons. The van der Waals surface area contributed by atoms with Crippen LogP contribution in [0.3, 0.4) is 0 Å². The van der Waals surface area contributed by atoms with Crippen molar-refractivity contribution < 1.29 is 22.4 Å². The van der Waals surface area contributed by atoms with Crippen molar-refractivity contribution in [2.24, 2.45) is 0 Å². The summed E-state index contributed by atoms with van der Waals surface area (Å²) in [5.41, 5.74) is -1.17. The highest BCUT2D eigenvalue weighted by Crippen LogP contribution is 2.31. The van der Waals surface area contributed by atoms with Gasteiger partial charge in [-0.1, -0.05) is 6.07 Å². The van der Waals surface area contributed by atoms with Gasteiger partial charge in [-0.2, -0.15) is 22.7 Å². The topological polar surface area (TPSA) is 85.3 Å². The Labute approximate surface area is 153 Å². The van der Waals surface area contributed by atoms with E-state index < -0.39 is 23.6 Å². The van der Waals surface area contributed by atoms with Gasteiger partial charge in [0.25, 0.3) is 11.7 Å². The number of nitrogens with one attached hydrogen (secondary N) is 1. The number of hydrogen-bond acceptors (Lipinski definition) is 6. The van der Waals surface area contributed by atoms with Crippen LogP contribution in [-0.2, 0) is 12.7 Å². The molecule has 0 aromatic carbocycles. The summed E-state index contributed by atoms with van der Waals surface area (Å²) in [6, 6.07) is 7.45. The second-order valence-electron chi connectivity index (χ2n) is 5.41. The van der Waals surface area contributed by atoms with E-state index in [9.17, 15) is 18.0 Å². The molecule has 1 amide bonds. The zero-order chi connectivity index (χ0) is 19.0. The van der Waals surface area contributed by atoms with Crippen LogP contribution in [0.1, 0.15) is 21.2 Å². The molecule has 0 spiro atoms. The van der Waals surface area contributed by atoms with E-state index in [2.05, 4.69) is 20.4 Å². The lowest BCUT2D eigenvalue weighted by molar-refractivity contribution is -0.142. The lowest BCUT2D eigenvalue weighted by Crippen LogP contribution is -2.23. The van der Waals surface area contributed by atoms with Crippen molar-refractivity contribution in [3.05, 3.63) is 58.4 Å². The molecule has 0 atom stereocenters. The Morgan fingerprint density at radius 3 is 2.78 bits per heavy atom. The Morgan fingerprint density at radius 1 is 1.26 bits per heavy atom. The van der Waals surface area contributed by atoms with Gasteiger partial charge in [0, 0.05) is 4.88 Å². The second kappa shape index (κ2) is 6.50. The van der Waals surface area contributed by atoms with Crippen LogP contribution in [0.15, 0.2) is 46.4 Å². The van der Waals surface area contributed by atoms with Gasteiger partial charge in [0.1, 0.15) is 5.69 Å². The Morgan fingerprint density at radius 2 is 2.11 bits per heavy atom. The minimum atomic E-state index is -4.72. The van der Waals surface area contributed by atoms with Crippen molar-refractivity contribution in [3.63, 3.8) is 0 Å². The minimum Gasteiger partial charge on any atom is -0.463 e. The molecule has 0 aliphatic carbocycles. The predicted molar refractivity (Wildman–Crippen MR) is 89.0 cm³/mol. The molecule has 1 N–H and O–H groups in total. The van der Waals surface area contributed by atoms with E-state index in [4.69, 9.17) is 4.42 Å². The van der Waals surface area contributed by atoms with Crippen LogP contribution in [0.2, 0.25) is 0 Å². The van der Waals surface area contributed by atoms with E-state index in [1.165, 1.54) is 29.7 Å². The summed E-state index contributed by atoms with van der Waals surface area (Å²) in [5.74, 6) is -1.30. The lowest BCUT2D eigenvalue weighted by atomic mass is 10.2. The largest absolute Gasteiger partial charge is 0.463 e. The highest BCUT2D eigenvalue weighted by atomic mass is 32.1. The molecule has 4 aromatic heterocycles. The summed E-state index contributed by atoms with van der Waals surface area (Å²) in [6.45, 7) is 0.225. The van der Waals surface area contributed by atoms with Crippen LogP contribution in [0.4, 0.5) is 13.2 Å². The van der Waals surface area contributed by atoms with Gasteiger partial charge < -0.3 is 9.73 Å². The van der Waals surface area contributed by atoms with Crippen LogP contribution in [0.5, 0.6) is 0 Å². The number of carbonyl (C=O) groups is 1. The van der Waals surface area contributed by atoms with E-state index in [1.807, 2.05) is 17.5 Å². The van der Waals surface area contributed by atoms with Gasteiger partial charge in [-0.05, 0) is 29.6 Å². The Kier molecular flexibility index (Phi) is 4.15. The lowest BCUT2D eigenvalue weighted by Gasteiger charge is -2.09. The van der Waals surface area contributed by atoms with Gasteiger partial charge in [-0.25, -0.2) is 4.98 Å². The summed E-state index contributed by atoms with van der Waals surface area (Å²) < 4.78 is 45.9. The average Bonchev–Trinajstić information content (AvgIpc) is 3.38. The molecule has 4 aromatic rings. The minimum absolute atomic E-state index is 0.0576. The molecule has 27 heavy (non-hydrogen) atoms. The highest BCUT2D eigenvalue weighted by molar-refractivity contribution is 7.09. The quantitative estimate of drug-likeness (QED) is 0.574. The first-order chi connectivity index (χ1) is 12.9. The molecule has 0 unspecified atom stereocenters. The fraction of sp³-hybridized carbons (Fsp3) is 0.125. The first-order valence-corrected chi connectivity index (χ1v) is 8.49. The molecular formula is C16H10F3N5O2S. The number of nitrogens with zero attached hydrogens (tertiary/aromatic N) is 4. The Bertz CT molecular complexity index is 1090. The highest BCUT2D eigenvalue weighted by Gasteiger charge is 2.36. The van der Waals surface area contributed by atoms with Crippen molar-refractivity contribution >= 4 is 23.0 Å². The number of thiophene rings is 1. The Balaban J connectivity index is 1.73. The maximum atomic E-state index is 13.4. The molecule has 0 fully saturated rings. The van der Waals surface area contributed by atoms with E-state index in [0.29, 0.717) is 4.52 Å². The normalized spacial score (nSPS) is 11.8. The number of furan rings is 1. The van der Waals surface area contributed by atoms with Gasteiger partial charge in [-0.3, -0.25) is 4.79 Å². The van der Waals surface area contributed by atoms with E-state index in [1.54, 1.807) is 0 Å². The van der Waals surface area contributed by atoms with Crippen molar-refractivity contribution in [2.75, 3.05) is 0 Å². The Hall–Kier alpha value is -3.21. The SMILES string of the molecule is O=C(NCc1cccs1)c1nc2nc(-c3ccco3)cc(C(F)(F)F)n2n1. The summed E-state index contributed by atoms with van der Waals surface area (Å²) in [6.07, 6.45) is -3.40. The molecular weight excluding hydrogens is 383 g/mol. The molecule has 11 heteroatoms. The molecule has 0 bridgehead atoms. The number of alkyl halides is 3. The number of carbonyl (C=O) groups excluding carboxylic acids is 1. The van der Waals surface area contributed by atoms with E-state index in [0.717, 1.165) is 10.9 Å². The molecule has 4 heterocycles. The third kappa shape index (κ3) is 3.40. The monoisotopic (exact) mass is 393 g/mol. The molecule has 0 radical (unpaired) electrons. The molecule has 0 aliphatic rings. The number of amides is 1. The van der Waals surface area contributed by atoms with Crippen LogP contribution >= 0.6 is 11.3 Å². The smallest absolute Gasteiger partial charge is 0.433 e. The second-order valence-corrected chi connectivity index (χ2v) is 6.44. The van der Waals surface area contributed by atoms with Gasteiger partial charge in [0.05, 0.1) is 12.8 Å². The maximum Gasteiger partial charge on any atom is 0.433 e. The van der Waals surface area contributed by atoms with Crippen LogP contribution in [0.25, 0.3) is 17.2 Å². The summed E-state index contributed by atoms with van der Waals surface area (Å²) in [7, 11) is 0. The molecule has 0 saturated carbocycles. The van der Waals surface area contributed by atoms with Crippen molar-refractivity contribution in [1.29, 1.82) is 0 Å². The van der Waals surface area contributed by atoms with E-state index in [-0.39, 0.29) is 23.8 Å². The van der Waals surface area contributed by atoms with Gasteiger partial charge in [-0.15, -0.1) is 16.4 Å². The third-order valence-electron chi connectivity index (χ3n) is 3.58. The first kappa shape index (κ1) is 17.2. The van der Waals surface area contributed by atoms with Gasteiger partial charge in [0.2, 0.25) is 5.82 Å². The van der Waals surface area contributed by atoms with Gasteiger partial charge in [0.15, 0.2) is 11.5 Å². The van der Waals surface area contributed by atoms with Gasteiger partial charge >= 0.3 is 6.18 Å². The number of hydrogen-bond donors (Lipinski definition) is 1. The van der Waals surface area contributed by atoms with Crippen LogP contribution < -0.4 is 5.32 Å². The standard InChI is InChI=1S/C16H10F3N5O2S/c17-16(18,19)12-7-10(11-4-1-5-26-11)21-15-22-13(23-24(12)15)14(25)20-8-9-3-2-6-27-9/h1-7H,8H2,(H,20,25). The molecule has 4 rings (SSSR count). The average molecular weight is 393 g/mol. The number of halogens is 3. The van der Waals surface area contributed by atoms with Crippen LogP contribution in [-0.4, -0.2) is 25.5 Å².